The minimum Gasteiger partial charge on any atom is -0.429 e. The average molecular weight is 191 g/mol. The molecule has 10 heavy (non-hydrogen) atoms. The van der Waals surface area contributed by atoms with Crippen molar-refractivity contribution in [1.29, 1.82) is 0 Å². The maximum absolute atomic E-state index is 5.63. The second-order valence-corrected chi connectivity index (χ2v) is 2.84. The van der Waals surface area contributed by atoms with Gasteiger partial charge in [0.25, 0.3) is 0 Å². The topological polar surface area (TPSA) is 9.23 Å². The van der Waals surface area contributed by atoms with Crippen LogP contribution in [0.5, 0.6) is 5.75 Å². The first-order chi connectivity index (χ1) is 4.83. The van der Waals surface area contributed by atoms with Gasteiger partial charge in [0.2, 0.25) is 7.58 Å². The van der Waals surface area contributed by atoms with Crippen molar-refractivity contribution in [3.05, 3.63) is 29.3 Å². The Morgan fingerprint density at radius 3 is 2.40 bits per heavy atom. The van der Waals surface area contributed by atoms with E-state index in [0.717, 1.165) is 5.75 Å². The fraction of sp³-hybridized carbons (Fsp3) is 0. The summed E-state index contributed by atoms with van der Waals surface area (Å²) in [6, 6.07) is 7.08. The summed E-state index contributed by atoms with van der Waals surface area (Å²) in [6.45, 7) is 0. The molecular formula is C6H4ClOPS. The van der Waals surface area contributed by atoms with Crippen molar-refractivity contribution >= 4 is 31.0 Å². The second-order valence-electron chi connectivity index (χ2n) is 1.62. The van der Waals surface area contributed by atoms with Crippen molar-refractivity contribution in [1.82, 2.24) is 0 Å². The summed E-state index contributed by atoms with van der Waals surface area (Å²) in [6.07, 6.45) is 0. The Morgan fingerprint density at radius 1 is 1.30 bits per heavy atom. The summed E-state index contributed by atoms with van der Waals surface area (Å²) in [5.41, 5.74) is 0. The van der Waals surface area contributed by atoms with E-state index < -0.39 is 0 Å². The van der Waals surface area contributed by atoms with Crippen LogP contribution in [0.3, 0.4) is 0 Å². The van der Waals surface area contributed by atoms with Crippen molar-refractivity contribution in [3.63, 3.8) is 0 Å². The van der Waals surface area contributed by atoms with E-state index in [4.69, 9.17) is 16.1 Å². The van der Waals surface area contributed by atoms with E-state index in [9.17, 15) is 0 Å². The second kappa shape index (κ2) is 3.87. The molecule has 0 unspecified atom stereocenters. The first-order valence-corrected chi connectivity index (χ1v) is 4.78. The monoisotopic (exact) mass is 190 g/mol. The molecule has 0 N–H and O–H groups in total. The first-order valence-electron chi connectivity index (χ1n) is 2.58. The Labute approximate surface area is 70.9 Å². The lowest BCUT2D eigenvalue weighted by Gasteiger charge is -1.94. The molecule has 1 rings (SSSR count). The summed E-state index contributed by atoms with van der Waals surface area (Å²) in [7, 11) is 0.487. The molecule has 0 spiro atoms. The van der Waals surface area contributed by atoms with Gasteiger partial charge in [-0.3, -0.25) is 0 Å². The highest BCUT2D eigenvalue weighted by atomic mass is 35.5. The predicted molar refractivity (Wildman–Crippen MR) is 46.4 cm³/mol. The van der Waals surface area contributed by atoms with E-state index in [2.05, 4.69) is 11.8 Å². The molecule has 0 bridgehead atoms. The van der Waals surface area contributed by atoms with Crippen LogP contribution in [-0.4, -0.2) is 0 Å². The van der Waals surface area contributed by atoms with Crippen LogP contribution >= 0.6 is 19.2 Å². The maximum Gasteiger partial charge on any atom is 0.205 e. The smallest absolute Gasteiger partial charge is 0.205 e. The lowest BCUT2D eigenvalue weighted by Crippen LogP contribution is -1.72. The molecule has 0 radical (unpaired) electrons. The molecule has 1 aromatic rings. The standard InChI is InChI=1S/C6H4ClOPS/c7-5-1-3-6(4-2-5)8-9-10/h1-4H. The van der Waals surface area contributed by atoms with Crippen molar-refractivity contribution in [2.24, 2.45) is 0 Å². The summed E-state index contributed by atoms with van der Waals surface area (Å²) >= 11 is 10.2. The van der Waals surface area contributed by atoms with Crippen LogP contribution in [0.4, 0.5) is 0 Å². The molecule has 0 saturated carbocycles. The largest absolute Gasteiger partial charge is 0.429 e. The van der Waals surface area contributed by atoms with E-state index in [1.807, 2.05) is 0 Å². The molecule has 0 amide bonds. The molecule has 0 saturated heterocycles. The zero-order valence-corrected chi connectivity index (χ0v) is 7.42. The highest BCUT2D eigenvalue weighted by Gasteiger charge is 1.89. The molecule has 4 heteroatoms. The predicted octanol–water partition coefficient (Wildman–Crippen LogP) is 3.04. The Hall–Kier alpha value is -0.170. The minimum atomic E-state index is 0.487. The van der Waals surface area contributed by atoms with Crippen LogP contribution in [0, 0.1) is 0 Å². The summed E-state index contributed by atoms with van der Waals surface area (Å²) in [5.74, 6) is 0.751. The summed E-state index contributed by atoms with van der Waals surface area (Å²) in [4.78, 5) is 0. The van der Waals surface area contributed by atoms with Gasteiger partial charge in [-0.15, -0.1) is 0 Å². The SMILES string of the molecule is S=POc1ccc(Cl)cc1. The number of benzene rings is 1. The van der Waals surface area contributed by atoms with E-state index >= 15 is 0 Å². The van der Waals surface area contributed by atoms with Gasteiger partial charge in [-0.05, 0) is 36.1 Å². The quantitative estimate of drug-likeness (QED) is 0.663. The molecule has 1 aromatic carbocycles. The van der Waals surface area contributed by atoms with Crippen LogP contribution in [-0.2, 0) is 11.8 Å². The van der Waals surface area contributed by atoms with E-state index in [1.165, 1.54) is 0 Å². The van der Waals surface area contributed by atoms with Gasteiger partial charge in [-0.25, -0.2) is 0 Å². The lowest BCUT2D eigenvalue weighted by molar-refractivity contribution is 0.644. The van der Waals surface area contributed by atoms with Crippen LogP contribution in [0.1, 0.15) is 0 Å². The highest BCUT2D eigenvalue weighted by Crippen LogP contribution is 2.17. The zero-order chi connectivity index (χ0) is 7.40. The zero-order valence-electron chi connectivity index (χ0n) is 4.95. The minimum absolute atomic E-state index is 0.487. The molecule has 0 aliphatic heterocycles. The van der Waals surface area contributed by atoms with Crippen molar-refractivity contribution in [3.8, 4) is 5.75 Å². The number of rotatable bonds is 2. The van der Waals surface area contributed by atoms with Gasteiger partial charge in [0.05, 0.1) is 0 Å². The fourth-order valence-electron chi connectivity index (χ4n) is 0.538. The van der Waals surface area contributed by atoms with Gasteiger partial charge >= 0.3 is 0 Å². The highest BCUT2D eigenvalue weighted by molar-refractivity contribution is 7.94. The number of hydrogen-bond acceptors (Lipinski definition) is 2. The van der Waals surface area contributed by atoms with Gasteiger partial charge in [0, 0.05) is 5.02 Å². The Bertz CT molecular complexity index is 224. The van der Waals surface area contributed by atoms with Crippen LogP contribution in [0.25, 0.3) is 0 Å². The van der Waals surface area contributed by atoms with Gasteiger partial charge in [-0.1, -0.05) is 11.6 Å². The normalized spacial score (nSPS) is 9.70. The number of halogens is 1. The van der Waals surface area contributed by atoms with Crippen LogP contribution in [0.2, 0.25) is 5.02 Å². The molecule has 52 valence electrons. The van der Waals surface area contributed by atoms with Crippen LogP contribution in [0.15, 0.2) is 24.3 Å². The van der Waals surface area contributed by atoms with Gasteiger partial charge in [0.1, 0.15) is 5.75 Å². The van der Waals surface area contributed by atoms with Gasteiger partial charge in [-0.2, -0.15) is 0 Å². The Balaban J connectivity index is 2.78. The summed E-state index contributed by atoms with van der Waals surface area (Å²) < 4.78 is 4.99. The first kappa shape index (κ1) is 7.93. The molecule has 1 nitrogen and oxygen atoms in total. The molecule has 0 aliphatic carbocycles. The molecule has 0 heterocycles. The lowest BCUT2D eigenvalue weighted by atomic mass is 10.3. The van der Waals surface area contributed by atoms with Crippen LogP contribution < -0.4 is 4.52 Å². The van der Waals surface area contributed by atoms with E-state index in [1.54, 1.807) is 24.3 Å². The third kappa shape index (κ3) is 2.22. The Kier molecular flexibility index (Phi) is 3.07. The fourth-order valence-corrected chi connectivity index (χ4v) is 1.13. The van der Waals surface area contributed by atoms with Gasteiger partial charge < -0.3 is 4.52 Å². The van der Waals surface area contributed by atoms with E-state index in [-0.39, 0.29) is 0 Å². The molecule has 0 aromatic heterocycles. The molecular weight excluding hydrogens is 187 g/mol. The van der Waals surface area contributed by atoms with Gasteiger partial charge in [0.15, 0.2) is 0 Å². The third-order valence-corrected chi connectivity index (χ3v) is 1.72. The average Bonchev–Trinajstić information content (AvgIpc) is 1.95. The van der Waals surface area contributed by atoms with E-state index in [0.29, 0.717) is 12.6 Å². The summed E-state index contributed by atoms with van der Waals surface area (Å²) in [5, 5.41) is 0.702. The van der Waals surface area contributed by atoms with Crippen molar-refractivity contribution in [2.75, 3.05) is 0 Å². The molecule has 0 atom stereocenters. The number of hydrogen-bond donors (Lipinski definition) is 0. The van der Waals surface area contributed by atoms with Crippen molar-refractivity contribution < 1.29 is 4.52 Å². The van der Waals surface area contributed by atoms with Crippen molar-refractivity contribution in [2.45, 2.75) is 0 Å². The molecule has 0 fully saturated rings. The Morgan fingerprint density at radius 2 is 1.90 bits per heavy atom. The maximum atomic E-state index is 5.63. The molecule has 0 aliphatic rings. The third-order valence-electron chi connectivity index (χ3n) is 0.956.